The molecule has 0 aromatic heterocycles. The van der Waals surface area contributed by atoms with Crippen LogP contribution in [-0.4, -0.2) is 37.2 Å². The van der Waals surface area contributed by atoms with Gasteiger partial charge in [-0.15, -0.1) is 0 Å². The number of esters is 3. The van der Waals surface area contributed by atoms with Gasteiger partial charge in [0, 0.05) is 12.8 Å². The van der Waals surface area contributed by atoms with Crippen LogP contribution in [0.15, 0.2) is 72.9 Å². The Morgan fingerprint density at radius 3 is 1.20 bits per heavy atom. The van der Waals surface area contributed by atoms with Crippen molar-refractivity contribution < 1.29 is 28.6 Å². The van der Waals surface area contributed by atoms with Crippen molar-refractivity contribution in [1.29, 1.82) is 0 Å². The fourth-order valence-electron chi connectivity index (χ4n) is 6.88. The summed E-state index contributed by atoms with van der Waals surface area (Å²) in [5.41, 5.74) is 0. The summed E-state index contributed by atoms with van der Waals surface area (Å²) in [5, 5.41) is 0. The van der Waals surface area contributed by atoms with Crippen LogP contribution < -0.4 is 0 Å². The molecule has 0 aromatic carbocycles. The molecule has 6 nitrogen and oxygen atoms in total. The van der Waals surface area contributed by atoms with Crippen LogP contribution in [0.4, 0.5) is 0 Å². The van der Waals surface area contributed by atoms with Gasteiger partial charge in [0.15, 0.2) is 6.10 Å². The molecule has 0 aliphatic heterocycles. The maximum absolute atomic E-state index is 12.8. The third-order valence-electron chi connectivity index (χ3n) is 10.7. The number of ether oxygens (including phenoxy) is 3. The predicted molar refractivity (Wildman–Crippen MR) is 261 cm³/mol. The van der Waals surface area contributed by atoms with E-state index in [0.717, 1.165) is 70.6 Å². The summed E-state index contributed by atoms with van der Waals surface area (Å²) in [5.74, 6) is -1.05. The van der Waals surface area contributed by atoms with Gasteiger partial charge in [-0.3, -0.25) is 14.4 Å². The van der Waals surface area contributed by atoms with Crippen LogP contribution in [0.1, 0.15) is 239 Å². The molecular formula is C55H94O6. The van der Waals surface area contributed by atoms with Crippen LogP contribution in [0.25, 0.3) is 0 Å². The Bertz CT molecular complexity index is 1160. The number of carbonyl (C=O) groups is 3. The average Bonchev–Trinajstić information content (AvgIpc) is 3.26. The van der Waals surface area contributed by atoms with E-state index in [0.29, 0.717) is 12.8 Å². The molecule has 1 atom stereocenters. The van der Waals surface area contributed by atoms with Crippen molar-refractivity contribution in [2.24, 2.45) is 0 Å². The van der Waals surface area contributed by atoms with Crippen molar-refractivity contribution in [2.45, 2.75) is 245 Å². The molecule has 0 radical (unpaired) electrons. The number of unbranched alkanes of at least 4 members (excludes halogenated alkanes) is 23. The number of allylic oxidation sites excluding steroid dienone is 11. The van der Waals surface area contributed by atoms with Crippen LogP contribution in [0.2, 0.25) is 0 Å². The monoisotopic (exact) mass is 851 g/mol. The second kappa shape index (κ2) is 49.5. The molecule has 0 aliphatic carbocycles. The van der Waals surface area contributed by atoms with E-state index in [9.17, 15) is 14.4 Å². The summed E-state index contributed by atoms with van der Waals surface area (Å²) in [6.07, 6.45) is 62.1. The van der Waals surface area contributed by atoms with Crippen LogP contribution >= 0.6 is 0 Å². The van der Waals surface area contributed by atoms with Gasteiger partial charge in [0.1, 0.15) is 13.2 Å². The molecule has 0 bridgehead atoms. The molecule has 0 aromatic rings. The highest BCUT2D eigenvalue weighted by Crippen LogP contribution is 2.14. The lowest BCUT2D eigenvalue weighted by Gasteiger charge is -2.18. The standard InChI is InChI=1S/C55H94O6/c1-4-7-10-13-16-19-21-23-25-27-29-31-33-36-39-42-45-48-54(57)60-51-52(50-59-53(56)47-44-41-38-35-18-15-12-9-6-3)61-55(58)49-46-43-40-37-34-32-30-28-26-24-22-20-17-14-11-8-5-2/h9,12,16,18-19,23-26,35,41,44,52H,4-8,10-11,13-15,17,20-22,27-34,36-40,42-43,45-51H2,1-3H3/b12-9-,19-16-,25-23-,26-24-,35-18-,44-41-. The van der Waals surface area contributed by atoms with Gasteiger partial charge in [0.25, 0.3) is 0 Å². The molecule has 0 saturated carbocycles. The molecular weight excluding hydrogens is 757 g/mol. The Balaban J connectivity index is 4.38. The third kappa shape index (κ3) is 47.7. The Hall–Kier alpha value is -3.15. The minimum absolute atomic E-state index is 0.108. The van der Waals surface area contributed by atoms with Crippen LogP contribution in [0, 0.1) is 0 Å². The van der Waals surface area contributed by atoms with E-state index in [4.69, 9.17) is 14.2 Å². The number of hydrogen-bond acceptors (Lipinski definition) is 6. The molecule has 6 heteroatoms. The van der Waals surface area contributed by atoms with Crippen LogP contribution in [0.3, 0.4) is 0 Å². The quantitative estimate of drug-likeness (QED) is 0.0263. The molecule has 61 heavy (non-hydrogen) atoms. The van der Waals surface area contributed by atoms with Crippen molar-refractivity contribution in [3.63, 3.8) is 0 Å². The van der Waals surface area contributed by atoms with Gasteiger partial charge >= 0.3 is 17.9 Å². The van der Waals surface area contributed by atoms with Gasteiger partial charge in [-0.2, -0.15) is 0 Å². The highest BCUT2D eigenvalue weighted by atomic mass is 16.6. The van der Waals surface area contributed by atoms with Gasteiger partial charge in [0.05, 0.1) is 6.42 Å². The maximum atomic E-state index is 12.8. The molecule has 0 rings (SSSR count). The first kappa shape index (κ1) is 57.9. The van der Waals surface area contributed by atoms with E-state index in [1.54, 1.807) is 6.08 Å². The van der Waals surface area contributed by atoms with Gasteiger partial charge in [0.2, 0.25) is 0 Å². The van der Waals surface area contributed by atoms with Crippen LogP contribution in [-0.2, 0) is 28.6 Å². The number of hydrogen-bond donors (Lipinski definition) is 0. The van der Waals surface area contributed by atoms with E-state index in [1.165, 1.54) is 128 Å². The second-order valence-corrected chi connectivity index (χ2v) is 16.7. The number of carbonyl (C=O) groups excluding carboxylic acids is 3. The second-order valence-electron chi connectivity index (χ2n) is 16.7. The molecule has 0 spiro atoms. The summed E-state index contributed by atoms with van der Waals surface area (Å²) in [6.45, 7) is 6.38. The van der Waals surface area contributed by atoms with Gasteiger partial charge in [-0.05, 0) is 89.9 Å². The van der Waals surface area contributed by atoms with Gasteiger partial charge < -0.3 is 14.2 Å². The first-order valence-electron chi connectivity index (χ1n) is 25.4. The Morgan fingerprint density at radius 2 is 0.705 bits per heavy atom. The topological polar surface area (TPSA) is 78.9 Å². The molecule has 0 aliphatic rings. The van der Waals surface area contributed by atoms with Crippen molar-refractivity contribution in [3.05, 3.63) is 72.9 Å². The van der Waals surface area contributed by atoms with E-state index >= 15 is 0 Å². The zero-order valence-electron chi connectivity index (χ0n) is 39.9. The van der Waals surface area contributed by atoms with Crippen molar-refractivity contribution in [2.75, 3.05) is 13.2 Å². The minimum Gasteiger partial charge on any atom is -0.462 e. The molecule has 0 N–H and O–H groups in total. The Labute approximate surface area is 376 Å². The summed E-state index contributed by atoms with van der Waals surface area (Å²) < 4.78 is 16.6. The highest BCUT2D eigenvalue weighted by Gasteiger charge is 2.19. The summed E-state index contributed by atoms with van der Waals surface area (Å²) >= 11 is 0. The summed E-state index contributed by atoms with van der Waals surface area (Å²) in [7, 11) is 0. The highest BCUT2D eigenvalue weighted by molar-refractivity contribution is 5.72. The van der Waals surface area contributed by atoms with Crippen molar-refractivity contribution in [1.82, 2.24) is 0 Å². The SMILES string of the molecule is CC/C=C\C/C=C\C/C=C\CC(=O)OCC(COC(=O)CCCCCCCCC/C=C\C/C=C\CCCCC)OC(=O)CCCCCCCCC/C=C\CCCCCCCC. The lowest BCUT2D eigenvalue weighted by atomic mass is 10.1. The van der Waals surface area contributed by atoms with Gasteiger partial charge in [-0.1, -0.05) is 203 Å². The third-order valence-corrected chi connectivity index (χ3v) is 10.7. The largest absolute Gasteiger partial charge is 0.462 e. The van der Waals surface area contributed by atoms with E-state index in [1.807, 2.05) is 6.08 Å². The smallest absolute Gasteiger partial charge is 0.309 e. The first-order chi connectivity index (χ1) is 30.0. The lowest BCUT2D eigenvalue weighted by molar-refractivity contribution is -0.166. The minimum atomic E-state index is -0.815. The molecule has 0 fully saturated rings. The molecule has 0 saturated heterocycles. The van der Waals surface area contributed by atoms with E-state index < -0.39 is 12.1 Å². The van der Waals surface area contributed by atoms with Crippen LogP contribution in [0.5, 0.6) is 0 Å². The summed E-state index contributed by atoms with van der Waals surface area (Å²) in [6, 6.07) is 0. The van der Waals surface area contributed by atoms with Crippen molar-refractivity contribution in [3.8, 4) is 0 Å². The van der Waals surface area contributed by atoms with E-state index in [2.05, 4.69) is 81.5 Å². The zero-order chi connectivity index (χ0) is 44.4. The fraction of sp³-hybridized carbons (Fsp3) is 0.727. The Kier molecular flexibility index (Phi) is 46.9. The van der Waals surface area contributed by atoms with Crippen molar-refractivity contribution >= 4 is 17.9 Å². The zero-order valence-corrected chi connectivity index (χ0v) is 39.9. The first-order valence-corrected chi connectivity index (χ1v) is 25.4. The average molecular weight is 851 g/mol. The lowest BCUT2D eigenvalue weighted by Crippen LogP contribution is -2.30. The molecule has 0 amide bonds. The number of rotatable bonds is 45. The maximum Gasteiger partial charge on any atom is 0.309 e. The molecule has 350 valence electrons. The summed E-state index contributed by atoms with van der Waals surface area (Å²) in [4.78, 5) is 37.8. The van der Waals surface area contributed by atoms with Gasteiger partial charge in [-0.25, -0.2) is 0 Å². The normalized spacial score (nSPS) is 12.6. The van der Waals surface area contributed by atoms with E-state index in [-0.39, 0.29) is 31.6 Å². The fourth-order valence-corrected chi connectivity index (χ4v) is 6.88. The molecule has 1 unspecified atom stereocenters. The predicted octanol–water partition coefficient (Wildman–Crippen LogP) is 16.6. The molecule has 0 heterocycles. The Morgan fingerprint density at radius 1 is 0.361 bits per heavy atom.